The first-order valence-corrected chi connectivity index (χ1v) is 8.43. The van der Waals surface area contributed by atoms with Gasteiger partial charge in [-0.3, -0.25) is 4.90 Å². The molecule has 1 atom stereocenters. The van der Waals surface area contributed by atoms with Gasteiger partial charge in [0.1, 0.15) is 6.17 Å². The summed E-state index contributed by atoms with van der Waals surface area (Å²) in [6.45, 7) is 6.58. The van der Waals surface area contributed by atoms with Crippen LogP contribution in [0.2, 0.25) is 0 Å². The Kier molecular flexibility index (Phi) is 5.91. The molecule has 2 aliphatic rings. The lowest BCUT2D eigenvalue weighted by Crippen LogP contribution is -2.35. The van der Waals surface area contributed by atoms with Gasteiger partial charge in [-0.1, -0.05) is 24.3 Å². The highest BCUT2D eigenvalue weighted by atomic mass is 16.5. The Balaban J connectivity index is 1.55. The third kappa shape index (κ3) is 4.47. The van der Waals surface area contributed by atoms with Crippen molar-refractivity contribution in [1.82, 2.24) is 15.1 Å². The van der Waals surface area contributed by atoms with E-state index in [4.69, 9.17) is 9.47 Å². The molecule has 1 unspecified atom stereocenters. The minimum absolute atomic E-state index is 0.240. The average Bonchev–Trinajstić information content (AvgIpc) is 3.05. The molecule has 1 N–H and O–H groups in total. The molecular weight excluding hydrogens is 290 g/mol. The van der Waals surface area contributed by atoms with Crippen LogP contribution in [-0.2, 0) is 16.0 Å². The van der Waals surface area contributed by atoms with Gasteiger partial charge in [-0.2, -0.15) is 0 Å². The molecule has 0 saturated carbocycles. The summed E-state index contributed by atoms with van der Waals surface area (Å²) in [7, 11) is 1.75. The Bertz CT molecular complexity index is 497. The van der Waals surface area contributed by atoms with E-state index in [0.29, 0.717) is 0 Å². The molecule has 0 spiro atoms. The number of morpholine rings is 1. The van der Waals surface area contributed by atoms with Gasteiger partial charge in [-0.05, 0) is 17.5 Å². The van der Waals surface area contributed by atoms with Crippen LogP contribution in [0, 0.1) is 0 Å². The van der Waals surface area contributed by atoms with Crippen molar-refractivity contribution in [3.63, 3.8) is 0 Å². The smallest absolute Gasteiger partial charge is 0.125 e. The van der Waals surface area contributed by atoms with Crippen molar-refractivity contribution >= 4 is 0 Å². The molecule has 0 aromatic heterocycles. The fourth-order valence-corrected chi connectivity index (χ4v) is 3.12. The molecule has 1 aromatic carbocycles. The van der Waals surface area contributed by atoms with Crippen LogP contribution in [0.25, 0.3) is 0 Å². The molecule has 1 saturated heterocycles. The van der Waals surface area contributed by atoms with E-state index in [0.717, 1.165) is 52.4 Å². The van der Waals surface area contributed by atoms with E-state index >= 15 is 0 Å². The van der Waals surface area contributed by atoms with Gasteiger partial charge in [-0.15, -0.1) is 0 Å². The van der Waals surface area contributed by atoms with Gasteiger partial charge in [0.2, 0.25) is 0 Å². The van der Waals surface area contributed by atoms with Gasteiger partial charge in [0, 0.05) is 52.3 Å². The molecule has 1 fully saturated rings. The third-order valence-corrected chi connectivity index (χ3v) is 4.42. The maximum absolute atomic E-state index is 5.40. The predicted octanol–water partition coefficient (Wildman–Crippen LogP) is 1.93. The van der Waals surface area contributed by atoms with Crippen LogP contribution < -0.4 is 5.32 Å². The van der Waals surface area contributed by atoms with E-state index in [2.05, 4.69) is 45.6 Å². The quantitative estimate of drug-likeness (QED) is 0.778. The molecule has 0 bridgehead atoms. The number of benzene rings is 1. The fourth-order valence-electron chi connectivity index (χ4n) is 3.12. The SMILES string of the molecule is COCCCN1C=CNC1c1ccc(CN2CCOCC2)cc1. The van der Waals surface area contributed by atoms with E-state index in [1.807, 2.05) is 6.20 Å². The summed E-state index contributed by atoms with van der Waals surface area (Å²) in [5.74, 6) is 0. The lowest BCUT2D eigenvalue weighted by molar-refractivity contribution is 0.0342. The number of ether oxygens (including phenoxy) is 2. The van der Waals surface area contributed by atoms with Crippen molar-refractivity contribution in [3.8, 4) is 0 Å². The lowest BCUT2D eigenvalue weighted by atomic mass is 10.1. The van der Waals surface area contributed by atoms with Gasteiger partial charge < -0.3 is 19.7 Å². The molecule has 5 nitrogen and oxygen atoms in total. The van der Waals surface area contributed by atoms with Crippen molar-refractivity contribution in [3.05, 3.63) is 47.8 Å². The molecule has 5 heteroatoms. The molecule has 2 aliphatic heterocycles. The second-order valence-corrected chi connectivity index (χ2v) is 6.10. The van der Waals surface area contributed by atoms with Crippen LogP contribution in [0.1, 0.15) is 23.7 Å². The van der Waals surface area contributed by atoms with Gasteiger partial charge >= 0.3 is 0 Å². The summed E-state index contributed by atoms with van der Waals surface area (Å²) in [6.07, 6.45) is 5.43. The summed E-state index contributed by atoms with van der Waals surface area (Å²) in [5.41, 5.74) is 2.67. The Morgan fingerprint density at radius 2 is 2.00 bits per heavy atom. The molecule has 1 aromatic rings. The van der Waals surface area contributed by atoms with Crippen LogP contribution in [0.5, 0.6) is 0 Å². The molecule has 2 heterocycles. The molecule has 0 amide bonds. The maximum atomic E-state index is 5.40. The van der Waals surface area contributed by atoms with Gasteiger partial charge in [0.05, 0.1) is 13.2 Å². The van der Waals surface area contributed by atoms with E-state index in [1.165, 1.54) is 11.1 Å². The molecule has 23 heavy (non-hydrogen) atoms. The molecule has 0 radical (unpaired) electrons. The summed E-state index contributed by atoms with van der Waals surface area (Å²) in [4.78, 5) is 4.78. The molecule has 126 valence electrons. The van der Waals surface area contributed by atoms with Crippen LogP contribution in [-0.4, -0.2) is 56.4 Å². The number of nitrogens with zero attached hydrogens (tertiary/aromatic N) is 2. The standard InChI is InChI=1S/C18H27N3O2/c1-22-12-2-8-21-9-7-19-18(21)17-5-3-16(4-6-17)15-20-10-13-23-14-11-20/h3-7,9,18-19H,2,8,10-15H2,1H3. The average molecular weight is 317 g/mol. The summed E-state index contributed by atoms with van der Waals surface area (Å²) in [5, 5.41) is 3.43. The second-order valence-electron chi connectivity index (χ2n) is 6.10. The zero-order valence-electron chi connectivity index (χ0n) is 13.9. The Morgan fingerprint density at radius 3 is 2.74 bits per heavy atom. The maximum Gasteiger partial charge on any atom is 0.125 e. The molecular formula is C18H27N3O2. The fraction of sp³-hybridized carbons (Fsp3) is 0.556. The minimum atomic E-state index is 0.240. The van der Waals surface area contributed by atoms with Crippen LogP contribution >= 0.6 is 0 Å². The highest BCUT2D eigenvalue weighted by Gasteiger charge is 2.20. The van der Waals surface area contributed by atoms with Crippen LogP contribution in [0.15, 0.2) is 36.7 Å². The topological polar surface area (TPSA) is 37.0 Å². The first-order chi connectivity index (χ1) is 11.4. The van der Waals surface area contributed by atoms with E-state index in [9.17, 15) is 0 Å². The van der Waals surface area contributed by atoms with E-state index < -0.39 is 0 Å². The first-order valence-electron chi connectivity index (χ1n) is 8.43. The van der Waals surface area contributed by atoms with Crippen molar-refractivity contribution in [1.29, 1.82) is 0 Å². The molecule has 0 aliphatic carbocycles. The van der Waals surface area contributed by atoms with Crippen molar-refractivity contribution in [2.45, 2.75) is 19.1 Å². The lowest BCUT2D eigenvalue weighted by Gasteiger charge is -2.27. The van der Waals surface area contributed by atoms with Crippen molar-refractivity contribution in [2.24, 2.45) is 0 Å². The zero-order valence-corrected chi connectivity index (χ0v) is 13.9. The van der Waals surface area contributed by atoms with E-state index in [1.54, 1.807) is 7.11 Å². The Labute approximate surface area is 138 Å². The number of rotatable bonds is 7. The van der Waals surface area contributed by atoms with E-state index in [-0.39, 0.29) is 6.17 Å². The third-order valence-electron chi connectivity index (χ3n) is 4.42. The first kappa shape index (κ1) is 16.3. The summed E-state index contributed by atoms with van der Waals surface area (Å²) < 4.78 is 10.6. The van der Waals surface area contributed by atoms with Gasteiger partial charge in [-0.25, -0.2) is 0 Å². The zero-order chi connectivity index (χ0) is 15.9. The number of hydrogen-bond acceptors (Lipinski definition) is 5. The Morgan fingerprint density at radius 1 is 1.22 bits per heavy atom. The summed E-state index contributed by atoms with van der Waals surface area (Å²) >= 11 is 0. The number of hydrogen-bond donors (Lipinski definition) is 1. The van der Waals surface area contributed by atoms with Gasteiger partial charge in [0.25, 0.3) is 0 Å². The number of nitrogens with one attached hydrogen (secondary N) is 1. The molecule has 3 rings (SSSR count). The highest BCUT2D eigenvalue weighted by Crippen LogP contribution is 2.23. The normalized spacial score (nSPS) is 21.6. The van der Waals surface area contributed by atoms with Gasteiger partial charge in [0.15, 0.2) is 0 Å². The van der Waals surface area contributed by atoms with Crippen LogP contribution in [0.3, 0.4) is 0 Å². The Hall–Kier alpha value is -1.56. The number of methoxy groups -OCH3 is 1. The minimum Gasteiger partial charge on any atom is -0.385 e. The second kappa shape index (κ2) is 8.34. The van der Waals surface area contributed by atoms with Crippen molar-refractivity contribution in [2.75, 3.05) is 46.6 Å². The highest BCUT2D eigenvalue weighted by molar-refractivity contribution is 5.26. The van der Waals surface area contributed by atoms with Crippen LogP contribution in [0.4, 0.5) is 0 Å². The summed E-state index contributed by atoms with van der Waals surface area (Å²) in [6, 6.07) is 8.98. The van der Waals surface area contributed by atoms with Crippen molar-refractivity contribution < 1.29 is 9.47 Å². The monoisotopic (exact) mass is 317 g/mol. The predicted molar refractivity (Wildman–Crippen MR) is 90.8 cm³/mol. The largest absolute Gasteiger partial charge is 0.385 e.